The van der Waals surface area contributed by atoms with Gasteiger partial charge < -0.3 is 0 Å². The minimum absolute atomic E-state index is 0.138. The molecule has 6 heteroatoms. The molecule has 1 N–H and O–H groups in total. The van der Waals surface area contributed by atoms with E-state index in [-0.39, 0.29) is 5.56 Å². The van der Waals surface area contributed by atoms with Crippen LogP contribution < -0.4 is 5.56 Å². The van der Waals surface area contributed by atoms with Crippen LogP contribution in [0.15, 0.2) is 52.3 Å². The smallest absolute Gasteiger partial charge is 0.280 e. The maximum Gasteiger partial charge on any atom is 0.280 e. The average Bonchev–Trinajstić information content (AvgIpc) is 2.98. The van der Waals surface area contributed by atoms with Gasteiger partial charge in [0.05, 0.1) is 17.2 Å². The highest BCUT2D eigenvalue weighted by Crippen LogP contribution is 2.21. The van der Waals surface area contributed by atoms with Crippen LogP contribution in [0, 0.1) is 11.3 Å². The van der Waals surface area contributed by atoms with E-state index >= 15 is 0 Å². The first-order valence-electron chi connectivity index (χ1n) is 7.52. The summed E-state index contributed by atoms with van der Waals surface area (Å²) in [7, 11) is 0. The van der Waals surface area contributed by atoms with Crippen molar-refractivity contribution in [2.45, 2.75) is 18.2 Å². The second-order valence-corrected chi connectivity index (χ2v) is 6.08. The molecule has 5 nitrogen and oxygen atoms in total. The monoisotopic (exact) mass is 336 g/mol. The van der Waals surface area contributed by atoms with E-state index in [0.29, 0.717) is 23.4 Å². The van der Waals surface area contributed by atoms with Gasteiger partial charge in [-0.25, -0.2) is 9.67 Å². The van der Waals surface area contributed by atoms with Gasteiger partial charge in [-0.3, -0.25) is 9.89 Å². The fourth-order valence-electron chi connectivity index (χ4n) is 2.53. The van der Waals surface area contributed by atoms with Crippen LogP contribution in [0.5, 0.6) is 0 Å². The summed E-state index contributed by atoms with van der Waals surface area (Å²) in [6.45, 7) is 1.99. The summed E-state index contributed by atoms with van der Waals surface area (Å²) in [5.41, 5.74) is 2.70. The van der Waals surface area contributed by atoms with Crippen molar-refractivity contribution < 1.29 is 0 Å². The van der Waals surface area contributed by atoms with Crippen molar-refractivity contribution in [3.05, 3.63) is 64.2 Å². The van der Waals surface area contributed by atoms with E-state index in [1.54, 1.807) is 42.2 Å². The summed E-state index contributed by atoms with van der Waals surface area (Å²) in [5.74, 6) is 0.562. The molecular formula is C18H16N4OS. The van der Waals surface area contributed by atoms with Crippen molar-refractivity contribution in [1.29, 1.82) is 5.26 Å². The Hall–Kier alpha value is -2.78. The average molecular weight is 336 g/mol. The zero-order chi connectivity index (χ0) is 17.1. The van der Waals surface area contributed by atoms with Gasteiger partial charge in [-0.05, 0) is 42.5 Å². The van der Waals surface area contributed by atoms with Gasteiger partial charge >= 0.3 is 0 Å². The lowest BCUT2D eigenvalue weighted by Gasteiger charge is -2.01. The number of thioether (sulfide) groups is 1. The van der Waals surface area contributed by atoms with Crippen molar-refractivity contribution in [3.8, 4) is 23.0 Å². The Balaban J connectivity index is 2.12. The predicted octanol–water partition coefficient (Wildman–Crippen LogP) is 3.38. The summed E-state index contributed by atoms with van der Waals surface area (Å²) in [6.07, 6.45) is 4.43. The number of pyridine rings is 1. The number of benzene rings is 1. The van der Waals surface area contributed by atoms with Gasteiger partial charge in [0.15, 0.2) is 5.82 Å². The van der Waals surface area contributed by atoms with Crippen molar-refractivity contribution in [1.82, 2.24) is 14.8 Å². The third kappa shape index (κ3) is 2.86. The molecule has 24 heavy (non-hydrogen) atoms. The first-order valence-corrected chi connectivity index (χ1v) is 8.75. The minimum Gasteiger partial charge on any atom is -0.293 e. The van der Waals surface area contributed by atoms with E-state index in [4.69, 9.17) is 5.26 Å². The van der Waals surface area contributed by atoms with Crippen LogP contribution in [0.4, 0.5) is 0 Å². The molecule has 0 aliphatic rings. The Morgan fingerprint density at radius 3 is 2.54 bits per heavy atom. The van der Waals surface area contributed by atoms with E-state index in [9.17, 15) is 4.79 Å². The maximum absolute atomic E-state index is 12.9. The number of H-pyrrole nitrogens is 1. The number of hydrogen-bond acceptors (Lipinski definition) is 4. The molecule has 0 bridgehead atoms. The van der Waals surface area contributed by atoms with E-state index < -0.39 is 0 Å². The Morgan fingerprint density at radius 1 is 1.25 bits per heavy atom. The quantitative estimate of drug-likeness (QED) is 0.741. The lowest BCUT2D eigenvalue weighted by atomic mass is 10.0. The fourth-order valence-corrected chi connectivity index (χ4v) is 2.90. The molecule has 3 rings (SSSR count). The first kappa shape index (κ1) is 16.1. The van der Waals surface area contributed by atoms with Crippen molar-refractivity contribution >= 4 is 11.8 Å². The van der Waals surface area contributed by atoms with Crippen LogP contribution in [0.25, 0.3) is 16.9 Å². The SMILES string of the molecule is CCc1[nH]n(-c2ccc(SC)cn2)c(=O)c1-c1ccc(C#N)cc1. The molecule has 0 amide bonds. The summed E-state index contributed by atoms with van der Waals surface area (Å²) in [4.78, 5) is 18.3. The molecular weight excluding hydrogens is 320 g/mol. The van der Waals surface area contributed by atoms with Gasteiger partial charge in [-0.2, -0.15) is 5.26 Å². The highest BCUT2D eigenvalue weighted by molar-refractivity contribution is 7.98. The topological polar surface area (TPSA) is 74.5 Å². The lowest BCUT2D eigenvalue weighted by molar-refractivity contribution is 0.792. The number of aryl methyl sites for hydroxylation is 1. The number of aromatic nitrogens is 3. The molecule has 0 spiro atoms. The number of aromatic amines is 1. The van der Waals surface area contributed by atoms with Gasteiger partial charge in [0.1, 0.15) is 0 Å². The number of hydrogen-bond donors (Lipinski definition) is 1. The molecule has 0 atom stereocenters. The third-order valence-electron chi connectivity index (χ3n) is 3.81. The molecule has 0 saturated carbocycles. The highest BCUT2D eigenvalue weighted by atomic mass is 32.2. The van der Waals surface area contributed by atoms with Crippen LogP contribution >= 0.6 is 11.8 Å². The Morgan fingerprint density at radius 2 is 2.00 bits per heavy atom. The fraction of sp³-hybridized carbons (Fsp3) is 0.167. The summed E-state index contributed by atoms with van der Waals surface area (Å²) < 4.78 is 1.47. The maximum atomic E-state index is 12.9. The molecule has 0 saturated heterocycles. The molecule has 2 aromatic heterocycles. The van der Waals surface area contributed by atoms with Crippen LogP contribution in [-0.2, 0) is 6.42 Å². The van der Waals surface area contributed by atoms with Crippen LogP contribution in [0.3, 0.4) is 0 Å². The normalized spacial score (nSPS) is 10.5. The largest absolute Gasteiger partial charge is 0.293 e. The molecule has 0 aliphatic heterocycles. The van der Waals surface area contributed by atoms with Crippen molar-refractivity contribution in [2.24, 2.45) is 0 Å². The molecule has 0 unspecified atom stereocenters. The predicted molar refractivity (Wildman–Crippen MR) is 95.5 cm³/mol. The molecule has 0 radical (unpaired) electrons. The van der Waals surface area contributed by atoms with E-state index in [1.807, 2.05) is 25.3 Å². The minimum atomic E-state index is -0.138. The Labute approximate surface area is 144 Å². The van der Waals surface area contributed by atoms with Crippen LogP contribution in [-0.4, -0.2) is 21.0 Å². The lowest BCUT2D eigenvalue weighted by Crippen LogP contribution is -2.16. The number of rotatable bonds is 4. The molecule has 0 aliphatic carbocycles. The second-order valence-electron chi connectivity index (χ2n) is 5.20. The van der Waals surface area contributed by atoms with E-state index in [1.165, 1.54) is 4.68 Å². The van der Waals surface area contributed by atoms with E-state index in [2.05, 4.69) is 16.2 Å². The summed E-state index contributed by atoms with van der Waals surface area (Å²) in [6, 6.07) is 12.9. The first-order chi connectivity index (χ1) is 11.7. The van der Waals surface area contributed by atoms with Gasteiger partial charge in [0, 0.05) is 16.8 Å². The van der Waals surface area contributed by atoms with Gasteiger partial charge in [-0.1, -0.05) is 19.1 Å². The van der Waals surface area contributed by atoms with Gasteiger partial charge in [-0.15, -0.1) is 11.8 Å². The van der Waals surface area contributed by atoms with Gasteiger partial charge in [0.2, 0.25) is 0 Å². The molecule has 120 valence electrons. The number of nitrogens with zero attached hydrogens (tertiary/aromatic N) is 3. The molecule has 0 fully saturated rings. The Bertz CT molecular complexity index is 947. The third-order valence-corrected chi connectivity index (χ3v) is 4.52. The van der Waals surface area contributed by atoms with Crippen molar-refractivity contribution in [2.75, 3.05) is 6.26 Å². The zero-order valence-electron chi connectivity index (χ0n) is 13.4. The van der Waals surface area contributed by atoms with Crippen molar-refractivity contribution in [3.63, 3.8) is 0 Å². The Kier molecular flexibility index (Phi) is 4.54. The second kappa shape index (κ2) is 6.77. The van der Waals surface area contributed by atoms with Gasteiger partial charge in [0.25, 0.3) is 5.56 Å². The number of nitriles is 1. The highest BCUT2D eigenvalue weighted by Gasteiger charge is 2.16. The van der Waals surface area contributed by atoms with E-state index in [0.717, 1.165) is 16.2 Å². The van der Waals surface area contributed by atoms with Crippen LogP contribution in [0.2, 0.25) is 0 Å². The molecule has 2 heterocycles. The number of nitrogens with one attached hydrogen (secondary N) is 1. The molecule has 3 aromatic rings. The van der Waals surface area contributed by atoms with Crippen LogP contribution in [0.1, 0.15) is 18.2 Å². The standard InChI is InChI=1S/C18H16N4OS/c1-3-15-17(13-6-4-12(10-19)5-7-13)18(23)22(21-15)16-9-8-14(24-2)11-20-16/h4-9,11,21H,3H2,1-2H3. The zero-order valence-corrected chi connectivity index (χ0v) is 14.2. The molecule has 1 aromatic carbocycles. The summed E-state index contributed by atoms with van der Waals surface area (Å²) in [5, 5.41) is 12.1. The summed E-state index contributed by atoms with van der Waals surface area (Å²) >= 11 is 1.60.